The summed E-state index contributed by atoms with van der Waals surface area (Å²) in [6.45, 7) is 5.01. The lowest BCUT2D eigenvalue weighted by Crippen LogP contribution is -2.43. The molecule has 2 heterocycles. The molecule has 1 aliphatic carbocycles. The molecule has 2 aromatic rings. The third kappa shape index (κ3) is 5.83. The Kier molecular flexibility index (Phi) is 7.74. The molecule has 4 rings (SSSR count). The molecule has 2 aliphatic rings. The molecular formula is C24H31Cl2N5S. The van der Waals surface area contributed by atoms with E-state index in [1.165, 1.54) is 31.2 Å². The highest BCUT2D eigenvalue weighted by molar-refractivity contribution is 7.80. The van der Waals surface area contributed by atoms with Gasteiger partial charge >= 0.3 is 0 Å². The summed E-state index contributed by atoms with van der Waals surface area (Å²) in [7, 11) is 0. The summed E-state index contributed by atoms with van der Waals surface area (Å²) in [6, 6.07) is 10.1. The van der Waals surface area contributed by atoms with Crippen LogP contribution < -0.4 is 15.5 Å². The van der Waals surface area contributed by atoms with Crippen molar-refractivity contribution in [1.29, 1.82) is 0 Å². The zero-order chi connectivity index (χ0) is 22.6. The van der Waals surface area contributed by atoms with Gasteiger partial charge in [0.2, 0.25) is 5.95 Å². The Morgan fingerprint density at radius 2 is 1.88 bits per heavy atom. The number of anilines is 2. The molecule has 0 bridgehead atoms. The highest BCUT2D eigenvalue weighted by Gasteiger charge is 2.34. The van der Waals surface area contributed by atoms with Crippen LogP contribution in [0.25, 0.3) is 0 Å². The number of aromatic nitrogens is 2. The maximum absolute atomic E-state index is 6.31. The zero-order valence-electron chi connectivity index (χ0n) is 18.5. The number of hydrogen-bond donors (Lipinski definition) is 2. The molecule has 0 spiro atoms. The van der Waals surface area contributed by atoms with Gasteiger partial charge in [-0.15, -0.1) is 0 Å². The van der Waals surface area contributed by atoms with Crippen LogP contribution in [-0.2, 0) is 5.41 Å². The lowest BCUT2D eigenvalue weighted by molar-refractivity contribution is 0.292. The van der Waals surface area contributed by atoms with Crippen molar-refractivity contribution in [2.45, 2.75) is 57.3 Å². The van der Waals surface area contributed by atoms with Gasteiger partial charge in [0.15, 0.2) is 5.11 Å². The van der Waals surface area contributed by atoms with Gasteiger partial charge in [-0.25, -0.2) is 4.98 Å². The van der Waals surface area contributed by atoms with Crippen LogP contribution in [0, 0.1) is 5.92 Å². The van der Waals surface area contributed by atoms with Crippen molar-refractivity contribution in [2.75, 3.05) is 29.9 Å². The topological polar surface area (TPSA) is 53.1 Å². The second kappa shape index (κ2) is 10.5. The van der Waals surface area contributed by atoms with Crippen molar-refractivity contribution >= 4 is 52.3 Å². The van der Waals surface area contributed by atoms with Gasteiger partial charge in [-0.05, 0) is 61.5 Å². The Morgan fingerprint density at radius 3 is 2.59 bits per heavy atom. The van der Waals surface area contributed by atoms with E-state index in [1.807, 2.05) is 18.2 Å². The van der Waals surface area contributed by atoms with Gasteiger partial charge in [0.05, 0.1) is 0 Å². The number of thiocarbonyl (C=S) groups is 1. The minimum absolute atomic E-state index is 0.0544. The summed E-state index contributed by atoms with van der Waals surface area (Å²) in [5.74, 6) is 1.94. The zero-order valence-corrected chi connectivity index (χ0v) is 20.9. The Morgan fingerprint density at radius 1 is 1.12 bits per heavy atom. The maximum atomic E-state index is 6.31. The van der Waals surface area contributed by atoms with E-state index in [0.29, 0.717) is 22.1 Å². The summed E-state index contributed by atoms with van der Waals surface area (Å²) in [5.41, 5.74) is 1.37. The smallest absolute Gasteiger partial charge is 0.232 e. The van der Waals surface area contributed by atoms with E-state index in [-0.39, 0.29) is 5.41 Å². The molecule has 1 aromatic heterocycles. The Hall–Kier alpha value is -1.63. The van der Waals surface area contributed by atoms with Gasteiger partial charge in [-0.2, -0.15) is 4.98 Å². The van der Waals surface area contributed by atoms with Gasteiger partial charge in [0.1, 0.15) is 11.0 Å². The molecule has 1 aliphatic heterocycles. The van der Waals surface area contributed by atoms with Gasteiger partial charge in [-0.3, -0.25) is 0 Å². The van der Waals surface area contributed by atoms with Crippen LogP contribution in [-0.4, -0.2) is 34.7 Å². The molecule has 1 saturated heterocycles. The van der Waals surface area contributed by atoms with Crippen LogP contribution in [0.15, 0.2) is 30.3 Å². The van der Waals surface area contributed by atoms with Crippen molar-refractivity contribution in [2.24, 2.45) is 5.92 Å². The lowest BCUT2D eigenvalue weighted by atomic mass is 9.69. The summed E-state index contributed by atoms with van der Waals surface area (Å²) in [5, 5.41) is 8.29. The molecule has 2 fully saturated rings. The number of halogens is 2. The second-order valence-corrected chi connectivity index (χ2v) is 10.5. The van der Waals surface area contributed by atoms with Gasteiger partial charge in [0, 0.05) is 36.1 Å². The summed E-state index contributed by atoms with van der Waals surface area (Å²) in [6.07, 6.45) is 8.41. The fraction of sp³-hybridized carbons (Fsp3) is 0.542. The van der Waals surface area contributed by atoms with Crippen molar-refractivity contribution in [3.8, 4) is 0 Å². The van der Waals surface area contributed by atoms with Crippen LogP contribution in [0.1, 0.15) is 57.4 Å². The van der Waals surface area contributed by atoms with Gasteiger partial charge < -0.3 is 15.5 Å². The maximum Gasteiger partial charge on any atom is 0.232 e. The fourth-order valence-corrected chi connectivity index (χ4v) is 5.48. The Bertz CT molecular complexity index is 930. The predicted molar refractivity (Wildman–Crippen MR) is 138 cm³/mol. The molecule has 32 heavy (non-hydrogen) atoms. The minimum atomic E-state index is 0.0544. The van der Waals surface area contributed by atoms with E-state index in [4.69, 9.17) is 35.4 Å². The lowest BCUT2D eigenvalue weighted by Gasteiger charge is -2.38. The Labute approximate surface area is 206 Å². The highest BCUT2D eigenvalue weighted by Crippen LogP contribution is 2.39. The van der Waals surface area contributed by atoms with Crippen molar-refractivity contribution in [3.05, 3.63) is 46.1 Å². The summed E-state index contributed by atoms with van der Waals surface area (Å²) in [4.78, 5) is 11.3. The van der Waals surface area contributed by atoms with Crippen molar-refractivity contribution in [3.63, 3.8) is 0 Å². The third-order valence-electron chi connectivity index (χ3n) is 6.74. The normalized spacial score (nSPS) is 20.6. The van der Waals surface area contributed by atoms with E-state index in [1.54, 1.807) is 0 Å². The number of nitrogens with one attached hydrogen (secondary N) is 2. The number of piperidine rings is 1. The molecule has 2 N–H and O–H groups in total. The predicted octanol–water partition coefficient (Wildman–Crippen LogP) is 6.21. The SMILES string of the molecule is C[C@@H]1CCCN(c2cc(Cl)nc(NC(=S)NCC3(c4ccc(Cl)cc4)CCCCC3)n2)C1. The highest BCUT2D eigenvalue weighted by atomic mass is 35.5. The molecule has 172 valence electrons. The molecular weight excluding hydrogens is 461 g/mol. The average molecular weight is 493 g/mol. The quantitative estimate of drug-likeness (QED) is 0.383. The first-order chi connectivity index (χ1) is 15.4. The van der Waals surface area contributed by atoms with Crippen LogP contribution in [0.2, 0.25) is 10.2 Å². The standard InChI is InChI=1S/C24H31Cl2N5S/c1-17-6-5-13-31(15-17)21-14-20(26)28-22(29-21)30-23(32)27-16-24(11-3-2-4-12-24)18-7-9-19(25)10-8-18/h7-10,14,17H,2-6,11-13,15-16H2,1H3,(H2,27,28,29,30,32)/t17-/m1/s1. The largest absolute Gasteiger partial charge is 0.361 e. The molecule has 0 unspecified atom stereocenters. The van der Waals surface area contributed by atoms with Crippen LogP contribution >= 0.6 is 35.4 Å². The first kappa shape index (κ1) is 23.5. The number of rotatable bonds is 5. The number of hydrogen-bond acceptors (Lipinski definition) is 4. The fourth-order valence-electron chi connectivity index (χ4n) is 5.02. The second-order valence-electron chi connectivity index (χ2n) is 9.22. The number of benzene rings is 1. The van der Waals surface area contributed by atoms with E-state index in [2.05, 4.69) is 44.6 Å². The van der Waals surface area contributed by atoms with Crippen LogP contribution in [0.5, 0.6) is 0 Å². The summed E-state index contributed by atoms with van der Waals surface area (Å²) >= 11 is 18.0. The molecule has 5 nitrogen and oxygen atoms in total. The van der Waals surface area contributed by atoms with E-state index >= 15 is 0 Å². The molecule has 1 atom stereocenters. The van der Waals surface area contributed by atoms with Gasteiger partial charge in [0.25, 0.3) is 0 Å². The van der Waals surface area contributed by atoms with Crippen LogP contribution in [0.4, 0.5) is 11.8 Å². The summed E-state index contributed by atoms with van der Waals surface area (Å²) < 4.78 is 0. The molecule has 1 saturated carbocycles. The molecule has 1 aromatic carbocycles. The monoisotopic (exact) mass is 491 g/mol. The van der Waals surface area contributed by atoms with Gasteiger partial charge in [-0.1, -0.05) is 61.5 Å². The van der Waals surface area contributed by atoms with Crippen LogP contribution in [0.3, 0.4) is 0 Å². The van der Waals surface area contributed by atoms with Crippen molar-refractivity contribution in [1.82, 2.24) is 15.3 Å². The minimum Gasteiger partial charge on any atom is -0.361 e. The Balaban J connectivity index is 1.43. The first-order valence-electron chi connectivity index (χ1n) is 11.5. The number of nitrogens with zero attached hydrogens (tertiary/aromatic N) is 3. The van der Waals surface area contributed by atoms with E-state index in [9.17, 15) is 0 Å². The van der Waals surface area contributed by atoms with E-state index in [0.717, 1.165) is 49.7 Å². The first-order valence-corrected chi connectivity index (χ1v) is 12.7. The average Bonchev–Trinajstić information content (AvgIpc) is 2.78. The molecule has 0 radical (unpaired) electrons. The molecule has 8 heteroatoms. The molecule has 0 amide bonds. The third-order valence-corrected chi connectivity index (χ3v) is 7.43. The van der Waals surface area contributed by atoms with Crippen molar-refractivity contribution < 1.29 is 0 Å². The van der Waals surface area contributed by atoms with E-state index < -0.39 is 0 Å².